The number of rotatable bonds is 0. The molecule has 1 aromatic carbocycles. The van der Waals surface area contributed by atoms with Crippen molar-refractivity contribution in [2.45, 2.75) is 6.92 Å². The van der Waals surface area contributed by atoms with Crippen LogP contribution in [-0.2, 0) is 0 Å². The van der Waals surface area contributed by atoms with Crippen LogP contribution in [0.15, 0.2) is 22.6 Å². The largest absolute Gasteiger partial charge is 0.441 e. The van der Waals surface area contributed by atoms with Gasteiger partial charge in [0.2, 0.25) is 0 Å². The molecule has 0 fully saturated rings. The highest BCUT2D eigenvalue weighted by atomic mass is 35.5. The Hall–Kier alpha value is -1.46. The lowest BCUT2D eigenvalue weighted by Crippen LogP contribution is -1.75. The van der Waals surface area contributed by atoms with Gasteiger partial charge in [0.15, 0.2) is 11.5 Å². The summed E-state index contributed by atoms with van der Waals surface area (Å²) in [5.74, 6) is 6.74. The molecule has 0 aliphatic carbocycles. The minimum absolute atomic E-state index is 0.343. The molecule has 70 valence electrons. The monoisotopic (exact) mass is 205 g/mol. The van der Waals surface area contributed by atoms with Crippen LogP contribution in [0.3, 0.4) is 0 Å². The van der Waals surface area contributed by atoms with E-state index in [4.69, 9.17) is 16.0 Å². The van der Waals surface area contributed by atoms with Crippen molar-refractivity contribution < 1.29 is 4.42 Å². The van der Waals surface area contributed by atoms with Crippen LogP contribution in [0.4, 0.5) is 0 Å². The zero-order valence-electron chi connectivity index (χ0n) is 7.67. The maximum Gasteiger partial charge on any atom is 0.192 e. The van der Waals surface area contributed by atoms with E-state index in [1.54, 1.807) is 0 Å². The van der Waals surface area contributed by atoms with Crippen LogP contribution in [0.25, 0.3) is 11.1 Å². The first-order valence-electron chi connectivity index (χ1n) is 4.21. The molecule has 0 aliphatic heterocycles. The van der Waals surface area contributed by atoms with E-state index in [1.807, 2.05) is 25.1 Å². The molecule has 0 unspecified atom stereocenters. The predicted molar refractivity (Wildman–Crippen MR) is 56.3 cm³/mol. The molecule has 0 atom stereocenters. The molecule has 0 spiro atoms. The van der Waals surface area contributed by atoms with Crippen molar-refractivity contribution >= 4 is 22.7 Å². The lowest BCUT2D eigenvalue weighted by Gasteiger charge is -1.88. The van der Waals surface area contributed by atoms with Crippen LogP contribution in [0.2, 0.25) is 0 Å². The van der Waals surface area contributed by atoms with Crippen LogP contribution in [-0.4, -0.2) is 10.9 Å². The summed E-state index contributed by atoms with van der Waals surface area (Å²) in [6.45, 7) is 1.82. The molecule has 0 amide bonds. The lowest BCUT2D eigenvalue weighted by atomic mass is 10.2. The number of halogens is 1. The second kappa shape index (κ2) is 3.73. The molecule has 0 bridgehead atoms. The van der Waals surface area contributed by atoms with E-state index < -0.39 is 0 Å². The summed E-state index contributed by atoms with van der Waals surface area (Å²) in [6.07, 6.45) is 0. The SMILES string of the molecule is Cc1nc2cc(C#CCCl)ccc2o1. The van der Waals surface area contributed by atoms with Crippen molar-refractivity contribution in [2.24, 2.45) is 0 Å². The number of aromatic nitrogens is 1. The zero-order valence-corrected chi connectivity index (χ0v) is 8.43. The first-order chi connectivity index (χ1) is 6.79. The normalized spacial score (nSPS) is 9.86. The summed E-state index contributed by atoms with van der Waals surface area (Å²) in [4.78, 5) is 4.21. The number of hydrogen-bond donors (Lipinski definition) is 0. The fraction of sp³-hybridized carbons (Fsp3) is 0.182. The second-order valence-corrected chi connectivity index (χ2v) is 3.12. The molecular weight excluding hydrogens is 198 g/mol. The zero-order chi connectivity index (χ0) is 9.97. The van der Waals surface area contributed by atoms with Gasteiger partial charge < -0.3 is 4.42 Å². The molecular formula is C11H8ClNO. The number of alkyl halides is 1. The van der Waals surface area contributed by atoms with E-state index in [0.29, 0.717) is 11.8 Å². The predicted octanol–water partition coefficient (Wildman–Crippen LogP) is 2.73. The Kier molecular flexibility index (Phi) is 2.43. The number of benzene rings is 1. The fourth-order valence-corrected chi connectivity index (χ4v) is 1.32. The molecule has 3 heteroatoms. The van der Waals surface area contributed by atoms with E-state index in [1.165, 1.54) is 0 Å². The van der Waals surface area contributed by atoms with Gasteiger partial charge in [-0.1, -0.05) is 11.8 Å². The van der Waals surface area contributed by atoms with E-state index in [0.717, 1.165) is 16.7 Å². The quantitative estimate of drug-likeness (QED) is 0.488. The molecule has 1 aromatic heterocycles. The number of aryl methyl sites for hydroxylation is 1. The van der Waals surface area contributed by atoms with Crippen molar-refractivity contribution in [3.05, 3.63) is 29.7 Å². The van der Waals surface area contributed by atoms with Crippen LogP contribution < -0.4 is 0 Å². The van der Waals surface area contributed by atoms with Crippen molar-refractivity contribution in [1.29, 1.82) is 0 Å². The summed E-state index contributed by atoms with van der Waals surface area (Å²) in [5, 5.41) is 0. The molecule has 0 radical (unpaired) electrons. The number of oxazole rings is 1. The summed E-state index contributed by atoms with van der Waals surface area (Å²) in [5.41, 5.74) is 2.54. The van der Waals surface area contributed by atoms with Crippen LogP contribution in [0.5, 0.6) is 0 Å². The molecule has 2 nitrogen and oxygen atoms in total. The van der Waals surface area contributed by atoms with Crippen molar-refractivity contribution in [3.63, 3.8) is 0 Å². The Bertz CT molecular complexity index is 519. The second-order valence-electron chi connectivity index (χ2n) is 2.85. The topological polar surface area (TPSA) is 26.0 Å². The van der Waals surface area contributed by atoms with Crippen molar-refractivity contribution in [1.82, 2.24) is 4.98 Å². The van der Waals surface area contributed by atoms with E-state index in [2.05, 4.69) is 16.8 Å². The first-order valence-corrected chi connectivity index (χ1v) is 4.75. The van der Waals surface area contributed by atoms with E-state index in [9.17, 15) is 0 Å². The highest BCUT2D eigenvalue weighted by Gasteiger charge is 2.01. The standard InChI is InChI=1S/C11H8ClNO/c1-8-13-10-7-9(3-2-6-12)4-5-11(10)14-8/h4-5,7H,6H2,1H3. The number of fused-ring (bicyclic) bond motifs is 1. The maximum atomic E-state index is 5.47. The Morgan fingerprint density at radius 2 is 2.36 bits per heavy atom. The van der Waals surface area contributed by atoms with Gasteiger partial charge in [0.05, 0.1) is 5.88 Å². The molecule has 0 saturated heterocycles. The Morgan fingerprint density at radius 3 is 3.14 bits per heavy atom. The summed E-state index contributed by atoms with van der Waals surface area (Å²) in [6, 6.07) is 5.66. The Balaban J connectivity index is 2.50. The van der Waals surface area contributed by atoms with Gasteiger partial charge in [-0.2, -0.15) is 0 Å². The molecule has 0 saturated carbocycles. The van der Waals surface area contributed by atoms with Gasteiger partial charge in [-0.05, 0) is 18.2 Å². The van der Waals surface area contributed by atoms with Gasteiger partial charge in [-0.25, -0.2) is 4.98 Å². The smallest absolute Gasteiger partial charge is 0.192 e. The van der Waals surface area contributed by atoms with Gasteiger partial charge >= 0.3 is 0 Å². The highest BCUT2D eigenvalue weighted by Crippen LogP contribution is 2.15. The number of hydrogen-bond acceptors (Lipinski definition) is 2. The maximum absolute atomic E-state index is 5.47. The summed E-state index contributed by atoms with van der Waals surface area (Å²) >= 11 is 5.47. The molecule has 0 aliphatic rings. The van der Waals surface area contributed by atoms with Gasteiger partial charge in [-0.15, -0.1) is 11.6 Å². The van der Waals surface area contributed by atoms with Crippen LogP contribution in [0.1, 0.15) is 11.5 Å². The molecule has 2 aromatic rings. The minimum Gasteiger partial charge on any atom is -0.441 e. The van der Waals surface area contributed by atoms with Crippen LogP contribution in [0, 0.1) is 18.8 Å². The first kappa shape index (κ1) is 9.11. The average Bonchev–Trinajstić information content (AvgIpc) is 2.54. The molecule has 1 heterocycles. The third-order valence-electron chi connectivity index (χ3n) is 1.79. The van der Waals surface area contributed by atoms with E-state index in [-0.39, 0.29) is 0 Å². The lowest BCUT2D eigenvalue weighted by molar-refractivity contribution is 0.561. The van der Waals surface area contributed by atoms with Gasteiger partial charge in [0.25, 0.3) is 0 Å². The Morgan fingerprint density at radius 1 is 1.50 bits per heavy atom. The van der Waals surface area contributed by atoms with Gasteiger partial charge in [0, 0.05) is 12.5 Å². The van der Waals surface area contributed by atoms with Crippen molar-refractivity contribution in [2.75, 3.05) is 5.88 Å². The summed E-state index contributed by atoms with van der Waals surface area (Å²) in [7, 11) is 0. The van der Waals surface area contributed by atoms with E-state index >= 15 is 0 Å². The third-order valence-corrected chi connectivity index (χ3v) is 1.93. The molecule has 14 heavy (non-hydrogen) atoms. The molecule has 0 N–H and O–H groups in total. The minimum atomic E-state index is 0.343. The van der Waals surface area contributed by atoms with Gasteiger partial charge in [0.1, 0.15) is 5.52 Å². The van der Waals surface area contributed by atoms with Gasteiger partial charge in [-0.3, -0.25) is 0 Å². The third kappa shape index (κ3) is 1.73. The highest BCUT2D eigenvalue weighted by molar-refractivity contribution is 6.19. The van der Waals surface area contributed by atoms with Crippen molar-refractivity contribution in [3.8, 4) is 11.8 Å². The average molecular weight is 206 g/mol. The molecule has 2 rings (SSSR count). The van der Waals surface area contributed by atoms with Crippen LogP contribution >= 0.6 is 11.6 Å². The number of nitrogens with zero attached hydrogens (tertiary/aromatic N) is 1. The Labute approximate surface area is 86.9 Å². The fourth-order valence-electron chi connectivity index (χ4n) is 1.26. The summed E-state index contributed by atoms with van der Waals surface area (Å²) < 4.78 is 5.34.